The van der Waals surface area contributed by atoms with Crippen LogP contribution >= 0.6 is 0 Å². The van der Waals surface area contributed by atoms with Crippen LogP contribution in [-0.4, -0.2) is 12.5 Å². The Labute approximate surface area is 123 Å². The lowest BCUT2D eigenvalue weighted by atomic mass is 10.1. The van der Waals surface area contributed by atoms with Crippen molar-refractivity contribution in [2.45, 2.75) is 19.5 Å². The molecular weight excluding hydrogens is 264 g/mol. The van der Waals surface area contributed by atoms with Crippen LogP contribution in [0, 0.1) is 0 Å². The van der Waals surface area contributed by atoms with Crippen molar-refractivity contribution in [1.82, 2.24) is 5.32 Å². The van der Waals surface area contributed by atoms with Crippen molar-refractivity contribution < 1.29 is 9.53 Å². The number of carbonyl (C=O) groups excluding carboxylic acids is 1. The fourth-order valence-electron chi connectivity index (χ4n) is 2.53. The van der Waals surface area contributed by atoms with E-state index >= 15 is 0 Å². The lowest BCUT2D eigenvalue weighted by Gasteiger charge is -2.10. The Kier molecular flexibility index (Phi) is 3.88. The Morgan fingerprint density at radius 3 is 2.81 bits per heavy atom. The van der Waals surface area contributed by atoms with E-state index < -0.39 is 0 Å². The summed E-state index contributed by atoms with van der Waals surface area (Å²) in [5.41, 5.74) is 9.58. The van der Waals surface area contributed by atoms with E-state index in [-0.39, 0.29) is 5.91 Å². The molecule has 4 nitrogen and oxygen atoms in total. The van der Waals surface area contributed by atoms with Gasteiger partial charge in [-0.25, -0.2) is 0 Å². The first-order chi connectivity index (χ1) is 10.3. The van der Waals surface area contributed by atoms with E-state index in [4.69, 9.17) is 10.5 Å². The molecule has 2 aromatic rings. The zero-order chi connectivity index (χ0) is 14.7. The highest BCUT2D eigenvalue weighted by Gasteiger charge is 2.15. The van der Waals surface area contributed by atoms with Gasteiger partial charge in [0.2, 0.25) is 0 Å². The van der Waals surface area contributed by atoms with Crippen LogP contribution < -0.4 is 15.8 Å². The summed E-state index contributed by atoms with van der Waals surface area (Å²) in [5.74, 6) is 0.816. The van der Waals surface area contributed by atoms with Gasteiger partial charge in [0.05, 0.1) is 6.61 Å². The minimum absolute atomic E-state index is 0.0727. The second-order valence-corrected chi connectivity index (χ2v) is 5.08. The lowest BCUT2D eigenvalue weighted by molar-refractivity contribution is 0.0951. The highest BCUT2D eigenvalue weighted by Crippen LogP contribution is 2.25. The first-order valence-corrected chi connectivity index (χ1v) is 7.08. The number of fused-ring (bicyclic) bond motifs is 1. The molecule has 3 N–H and O–H groups in total. The van der Waals surface area contributed by atoms with Gasteiger partial charge < -0.3 is 15.8 Å². The van der Waals surface area contributed by atoms with Crippen LogP contribution in [0.4, 0.5) is 0 Å². The molecular formula is C17H18N2O2. The van der Waals surface area contributed by atoms with E-state index in [2.05, 4.69) is 5.32 Å². The number of rotatable bonds is 4. The van der Waals surface area contributed by atoms with Crippen molar-refractivity contribution in [3.63, 3.8) is 0 Å². The Hall–Kier alpha value is -2.33. The van der Waals surface area contributed by atoms with E-state index in [1.807, 2.05) is 36.4 Å². The molecule has 0 saturated carbocycles. The molecule has 0 aromatic heterocycles. The van der Waals surface area contributed by atoms with Gasteiger partial charge >= 0.3 is 0 Å². The number of nitrogens with one attached hydrogen (secondary N) is 1. The van der Waals surface area contributed by atoms with Crippen LogP contribution in [0.1, 0.15) is 27.0 Å². The number of amides is 1. The van der Waals surface area contributed by atoms with Gasteiger partial charge in [-0.3, -0.25) is 4.79 Å². The third-order valence-corrected chi connectivity index (χ3v) is 3.73. The molecule has 0 unspecified atom stereocenters. The van der Waals surface area contributed by atoms with Gasteiger partial charge in [0, 0.05) is 25.1 Å². The summed E-state index contributed by atoms with van der Waals surface area (Å²) in [5, 5.41) is 2.95. The van der Waals surface area contributed by atoms with E-state index in [0.29, 0.717) is 25.3 Å². The number of nitrogens with two attached hydrogens (primary N) is 1. The van der Waals surface area contributed by atoms with Gasteiger partial charge in [-0.1, -0.05) is 24.3 Å². The van der Waals surface area contributed by atoms with Crippen molar-refractivity contribution in [1.29, 1.82) is 0 Å². The molecule has 1 aliphatic rings. The van der Waals surface area contributed by atoms with E-state index in [1.165, 1.54) is 0 Å². The minimum Gasteiger partial charge on any atom is -0.493 e. The average molecular weight is 282 g/mol. The van der Waals surface area contributed by atoms with Crippen LogP contribution in [0.2, 0.25) is 0 Å². The molecule has 21 heavy (non-hydrogen) atoms. The maximum atomic E-state index is 12.2. The predicted molar refractivity (Wildman–Crippen MR) is 81.1 cm³/mol. The first kappa shape index (κ1) is 13.6. The number of hydrogen-bond donors (Lipinski definition) is 2. The second-order valence-electron chi connectivity index (χ2n) is 5.08. The number of carbonyl (C=O) groups is 1. The Balaban J connectivity index is 1.69. The fourth-order valence-corrected chi connectivity index (χ4v) is 2.53. The highest BCUT2D eigenvalue weighted by molar-refractivity contribution is 5.94. The Bertz CT molecular complexity index is 668. The molecule has 1 amide bonds. The minimum atomic E-state index is -0.0727. The zero-order valence-corrected chi connectivity index (χ0v) is 11.8. The molecule has 1 heterocycles. The van der Waals surface area contributed by atoms with Crippen molar-refractivity contribution in [2.24, 2.45) is 5.73 Å². The Morgan fingerprint density at radius 1 is 1.19 bits per heavy atom. The van der Waals surface area contributed by atoms with Crippen LogP contribution in [0.15, 0.2) is 42.5 Å². The summed E-state index contributed by atoms with van der Waals surface area (Å²) < 4.78 is 5.45. The molecule has 0 spiro atoms. The maximum absolute atomic E-state index is 12.2. The molecule has 2 aromatic carbocycles. The summed E-state index contributed by atoms with van der Waals surface area (Å²) in [6.07, 6.45) is 0.868. The summed E-state index contributed by atoms with van der Waals surface area (Å²) in [6, 6.07) is 13.4. The molecule has 108 valence electrons. The third-order valence-electron chi connectivity index (χ3n) is 3.73. The predicted octanol–water partition coefficient (Wildman–Crippen LogP) is 2.01. The van der Waals surface area contributed by atoms with Crippen molar-refractivity contribution >= 4 is 5.91 Å². The summed E-state index contributed by atoms with van der Waals surface area (Å²) in [7, 11) is 0. The molecule has 0 bridgehead atoms. The van der Waals surface area contributed by atoms with Crippen LogP contribution in [0.3, 0.4) is 0 Å². The number of ether oxygens (including phenoxy) is 1. The van der Waals surface area contributed by atoms with E-state index in [0.717, 1.165) is 28.9 Å². The lowest BCUT2D eigenvalue weighted by Crippen LogP contribution is -2.23. The highest BCUT2D eigenvalue weighted by atomic mass is 16.5. The maximum Gasteiger partial charge on any atom is 0.251 e. The molecule has 0 saturated heterocycles. The van der Waals surface area contributed by atoms with E-state index in [9.17, 15) is 4.79 Å². The van der Waals surface area contributed by atoms with Gasteiger partial charge in [-0.05, 0) is 34.9 Å². The monoisotopic (exact) mass is 282 g/mol. The fraction of sp³-hybridized carbons (Fsp3) is 0.235. The van der Waals surface area contributed by atoms with Gasteiger partial charge in [-0.2, -0.15) is 0 Å². The smallest absolute Gasteiger partial charge is 0.251 e. The molecule has 1 aliphatic heterocycles. The zero-order valence-electron chi connectivity index (χ0n) is 11.8. The average Bonchev–Trinajstić information content (AvgIpc) is 3.00. The van der Waals surface area contributed by atoms with E-state index in [1.54, 1.807) is 6.07 Å². The van der Waals surface area contributed by atoms with Crippen molar-refractivity contribution in [2.75, 3.05) is 6.61 Å². The van der Waals surface area contributed by atoms with Crippen LogP contribution in [0.25, 0.3) is 0 Å². The molecule has 0 aliphatic carbocycles. The van der Waals surface area contributed by atoms with Crippen molar-refractivity contribution in [3.05, 3.63) is 64.7 Å². The molecule has 4 heteroatoms. The second kappa shape index (κ2) is 5.97. The summed E-state index contributed by atoms with van der Waals surface area (Å²) in [4.78, 5) is 12.2. The summed E-state index contributed by atoms with van der Waals surface area (Å²) in [6.45, 7) is 1.66. The van der Waals surface area contributed by atoms with Crippen LogP contribution in [-0.2, 0) is 19.5 Å². The Morgan fingerprint density at radius 2 is 2.00 bits per heavy atom. The quantitative estimate of drug-likeness (QED) is 0.901. The molecule has 0 radical (unpaired) electrons. The molecule has 0 fully saturated rings. The SMILES string of the molecule is NCc1ccccc1CNC(=O)c1ccc2c(c1)CCO2. The van der Waals surface area contributed by atoms with Gasteiger partial charge in [-0.15, -0.1) is 0 Å². The first-order valence-electron chi connectivity index (χ1n) is 7.08. The summed E-state index contributed by atoms with van der Waals surface area (Å²) >= 11 is 0. The number of benzene rings is 2. The van der Waals surface area contributed by atoms with Gasteiger partial charge in [0.25, 0.3) is 5.91 Å². The molecule has 0 atom stereocenters. The number of hydrogen-bond acceptors (Lipinski definition) is 3. The third kappa shape index (κ3) is 2.90. The largest absolute Gasteiger partial charge is 0.493 e. The standard InChI is InChI=1S/C17H18N2O2/c18-10-14-3-1-2-4-15(14)11-19-17(20)13-5-6-16-12(9-13)7-8-21-16/h1-6,9H,7-8,10-11,18H2,(H,19,20). The van der Waals surface area contributed by atoms with Crippen molar-refractivity contribution in [3.8, 4) is 5.75 Å². The van der Waals surface area contributed by atoms with Gasteiger partial charge in [0.1, 0.15) is 5.75 Å². The van der Waals surface area contributed by atoms with Gasteiger partial charge in [0.15, 0.2) is 0 Å². The topological polar surface area (TPSA) is 64.3 Å². The normalized spacial score (nSPS) is 12.6. The van der Waals surface area contributed by atoms with Crippen LogP contribution in [0.5, 0.6) is 5.75 Å². The molecule has 3 rings (SSSR count).